The molecule has 0 aliphatic rings. The standard InChI is InChI=1S/C35H47N2O/c1-3-5-6-7-8-9-10-11-12-15-24-36-25-22-30(23-26-36)18-19-31-20-21-35-33(29-31)32-16-13-14-17-34(32)37(35)27-28-38-4-2/h13-14,16-23,25-26,29H,3-12,15,24,27-28H2,1-2H3/q+1. The lowest BCUT2D eigenvalue weighted by atomic mass is 10.1. The molecule has 2 heterocycles. The van der Waals surface area contributed by atoms with E-state index >= 15 is 0 Å². The number of hydrogen-bond acceptors (Lipinski definition) is 1. The molecule has 0 N–H and O–H groups in total. The molecule has 0 spiro atoms. The second-order valence-electron chi connectivity index (χ2n) is 10.5. The van der Waals surface area contributed by atoms with Crippen LogP contribution >= 0.6 is 0 Å². The fraction of sp³-hybridized carbons (Fsp3) is 0.457. The van der Waals surface area contributed by atoms with E-state index in [9.17, 15) is 0 Å². The number of fused-ring (bicyclic) bond motifs is 3. The van der Waals surface area contributed by atoms with Crippen LogP contribution in [0.3, 0.4) is 0 Å². The second kappa shape index (κ2) is 15.5. The number of unbranched alkanes of at least 4 members (excludes halogenated alkanes) is 9. The molecule has 0 bridgehead atoms. The molecule has 0 radical (unpaired) electrons. The first kappa shape index (κ1) is 28.1. The lowest BCUT2D eigenvalue weighted by molar-refractivity contribution is -0.697. The van der Waals surface area contributed by atoms with Gasteiger partial charge in [0.2, 0.25) is 0 Å². The Hall–Kier alpha value is -2.91. The SMILES string of the molecule is CCCCCCCCCCCC[n+]1ccc(/C=C/c2ccc3c(c2)c2ccccc2n3CCOCC)cc1. The number of pyridine rings is 1. The number of aromatic nitrogens is 2. The van der Waals surface area contributed by atoms with E-state index < -0.39 is 0 Å². The molecule has 0 saturated carbocycles. The van der Waals surface area contributed by atoms with Crippen LogP contribution in [0, 0.1) is 0 Å². The molecule has 2 aromatic carbocycles. The van der Waals surface area contributed by atoms with Gasteiger partial charge in [-0.15, -0.1) is 0 Å². The van der Waals surface area contributed by atoms with Gasteiger partial charge in [-0.05, 0) is 42.7 Å². The van der Waals surface area contributed by atoms with Crippen LogP contribution in [0.5, 0.6) is 0 Å². The van der Waals surface area contributed by atoms with Crippen LogP contribution in [0.4, 0.5) is 0 Å². The van der Waals surface area contributed by atoms with Gasteiger partial charge in [-0.25, -0.2) is 4.57 Å². The maximum Gasteiger partial charge on any atom is 0.169 e. The van der Waals surface area contributed by atoms with Crippen LogP contribution in [-0.2, 0) is 17.8 Å². The fourth-order valence-electron chi connectivity index (χ4n) is 5.42. The first-order valence-electron chi connectivity index (χ1n) is 15.1. The van der Waals surface area contributed by atoms with E-state index in [0.29, 0.717) is 0 Å². The van der Waals surface area contributed by atoms with Gasteiger partial charge in [0, 0.05) is 53.5 Å². The Balaban J connectivity index is 1.29. The molecule has 4 aromatic rings. The Kier molecular flexibility index (Phi) is 11.5. The Morgan fingerprint density at radius 2 is 1.34 bits per heavy atom. The third-order valence-electron chi connectivity index (χ3n) is 7.61. The van der Waals surface area contributed by atoms with Gasteiger partial charge in [0.1, 0.15) is 6.54 Å². The van der Waals surface area contributed by atoms with E-state index in [1.54, 1.807) is 0 Å². The maximum atomic E-state index is 5.65. The number of ether oxygens (including phenoxy) is 1. The summed E-state index contributed by atoms with van der Waals surface area (Å²) >= 11 is 0. The van der Waals surface area contributed by atoms with Gasteiger partial charge in [0.05, 0.1) is 6.61 Å². The summed E-state index contributed by atoms with van der Waals surface area (Å²) in [5.74, 6) is 0. The largest absolute Gasteiger partial charge is 0.380 e. The summed E-state index contributed by atoms with van der Waals surface area (Å²) in [7, 11) is 0. The monoisotopic (exact) mass is 511 g/mol. The van der Waals surface area contributed by atoms with E-state index in [1.807, 2.05) is 0 Å². The normalized spacial score (nSPS) is 11.8. The number of hydrogen-bond donors (Lipinski definition) is 0. The Morgan fingerprint density at radius 3 is 2.08 bits per heavy atom. The number of nitrogens with zero attached hydrogens (tertiary/aromatic N) is 2. The number of aryl methyl sites for hydroxylation is 1. The molecule has 0 atom stereocenters. The molecule has 0 saturated heterocycles. The highest BCUT2D eigenvalue weighted by molar-refractivity contribution is 6.08. The van der Waals surface area contributed by atoms with Crippen molar-refractivity contribution in [3.05, 3.63) is 78.1 Å². The van der Waals surface area contributed by atoms with Crippen molar-refractivity contribution in [2.45, 2.75) is 91.1 Å². The van der Waals surface area contributed by atoms with Crippen LogP contribution < -0.4 is 4.57 Å². The van der Waals surface area contributed by atoms with Gasteiger partial charge in [0.15, 0.2) is 12.4 Å². The molecule has 3 nitrogen and oxygen atoms in total. The van der Waals surface area contributed by atoms with E-state index in [-0.39, 0.29) is 0 Å². The Morgan fingerprint density at radius 1 is 0.684 bits per heavy atom. The van der Waals surface area contributed by atoms with Crippen molar-refractivity contribution in [3.63, 3.8) is 0 Å². The van der Waals surface area contributed by atoms with Crippen LogP contribution in [-0.4, -0.2) is 17.8 Å². The van der Waals surface area contributed by atoms with Crippen molar-refractivity contribution in [3.8, 4) is 0 Å². The maximum absolute atomic E-state index is 5.65. The number of benzene rings is 2. The van der Waals surface area contributed by atoms with Gasteiger partial charge in [0.25, 0.3) is 0 Å². The Bertz CT molecular complexity index is 1270. The van der Waals surface area contributed by atoms with Gasteiger partial charge in [-0.1, -0.05) is 94.7 Å². The average Bonchev–Trinajstić information content (AvgIpc) is 3.26. The minimum Gasteiger partial charge on any atom is -0.380 e. The topological polar surface area (TPSA) is 18.0 Å². The molecule has 0 unspecified atom stereocenters. The predicted octanol–water partition coefficient (Wildman–Crippen LogP) is 9.21. The zero-order valence-electron chi connectivity index (χ0n) is 23.7. The first-order valence-corrected chi connectivity index (χ1v) is 15.1. The molecular formula is C35H47N2O+. The summed E-state index contributed by atoms with van der Waals surface area (Å²) in [6, 6.07) is 20.0. The number of rotatable bonds is 17. The predicted molar refractivity (Wildman–Crippen MR) is 163 cm³/mol. The summed E-state index contributed by atoms with van der Waals surface area (Å²) < 4.78 is 10.4. The van der Waals surface area contributed by atoms with Crippen LogP contribution in [0.2, 0.25) is 0 Å². The van der Waals surface area contributed by atoms with Crippen molar-refractivity contribution >= 4 is 34.0 Å². The van der Waals surface area contributed by atoms with Gasteiger partial charge >= 0.3 is 0 Å². The number of para-hydroxylation sites is 1. The summed E-state index contributed by atoms with van der Waals surface area (Å²) in [5, 5.41) is 2.61. The van der Waals surface area contributed by atoms with Crippen LogP contribution in [0.25, 0.3) is 34.0 Å². The lowest BCUT2D eigenvalue weighted by Crippen LogP contribution is -2.32. The summed E-state index contributed by atoms with van der Waals surface area (Å²) in [6.45, 7) is 7.82. The molecule has 0 aliphatic carbocycles. The minimum absolute atomic E-state index is 0.735. The molecule has 0 fully saturated rings. The van der Waals surface area contributed by atoms with E-state index in [1.165, 1.54) is 97.1 Å². The molecular weight excluding hydrogens is 464 g/mol. The van der Waals surface area contributed by atoms with E-state index in [0.717, 1.165) is 26.3 Å². The highest BCUT2D eigenvalue weighted by atomic mass is 16.5. The molecule has 4 rings (SSSR count). The molecule has 3 heteroatoms. The van der Waals surface area contributed by atoms with E-state index in [2.05, 4.69) is 102 Å². The molecule has 2 aromatic heterocycles. The fourth-order valence-corrected chi connectivity index (χ4v) is 5.42. The van der Waals surface area contributed by atoms with Crippen LogP contribution in [0.15, 0.2) is 67.0 Å². The van der Waals surface area contributed by atoms with Crippen molar-refractivity contribution in [1.82, 2.24) is 4.57 Å². The summed E-state index contributed by atoms with van der Waals surface area (Å²) in [5.41, 5.74) is 5.02. The zero-order chi connectivity index (χ0) is 26.4. The van der Waals surface area contributed by atoms with E-state index in [4.69, 9.17) is 4.74 Å². The highest BCUT2D eigenvalue weighted by Crippen LogP contribution is 2.30. The average molecular weight is 512 g/mol. The molecule has 202 valence electrons. The van der Waals surface area contributed by atoms with Gasteiger partial charge < -0.3 is 9.30 Å². The van der Waals surface area contributed by atoms with Gasteiger partial charge in [-0.2, -0.15) is 0 Å². The Labute approximate surface area is 230 Å². The van der Waals surface area contributed by atoms with Gasteiger partial charge in [-0.3, -0.25) is 0 Å². The summed E-state index contributed by atoms with van der Waals surface area (Å²) in [6.07, 6.45) is 22.7. The molecule has 38 heavy (non-hydrogen) atoms. The second-order valence-corrected chi connectivity index (χ2v) is 10.5. The lowest BCUT2D eigenvalue weighted by Gasteiger charge is -2.07. The van der Waals surface area contributed by atoms with Crippen molar-refractivity contribution in [1.29, 1.82) is 0 Å². The first-order chi connectivity index (χ1) is 18.8. The third kappa shape index (κ3) is 8.04. The quantitative estimate of drug-likeness (QED) is 0.102. The minimum atomic E-state index is 0.735. The van der Waals surface area contributed by atoms with Crippen molar-refractivity contribution in [2.24, 2.45) is 0 Å². The van der Waals surface area contributed by atoms with Crippen molar-refractivity contribution in [2.75, 3.05) is 13.2 Å². The highest BCUT2D eigenvalue weighted by Gasteiger charge is 2.10. The van der Waals surface area contributed by atoms with Crippen molar-refractivity contribution < 1.29 is 9.30 Å². The molecule has 0 aliphatic heterocycles. The molecule has 0 amide bonds. The third-order valence-corrected chi connectivity index (χ3v) is 7.61. The smallest absolute Gasteiger partial charge is 0.169 e. The zero-order valence-corrected chi connectivity index (χ0v) is 23.7. The van der Waals surface area contributed by atoms with Crippen LogP contribution in [0.1, 0.15) is 89.2 Å². The summed E-state index contributed by atoms with van der Waals surface area (Å²) in [4.78, 5) is 0.